The van der Waals surface area contributed by atoms with Crippen LogP contribution in [-0.4, -0.2) is 19.2 Å². The molecule has 0 aromatic heterocycles. The van der Waals surface area contributed by atoms with Gasteiger partial charge >= 0.3 is 12.2 Å². The van der Waals surface area contributed by atoms with E-state index < -0.39 is 17.8 Å². The van der Waals surface area contributed by atoms with Crippen LogP contribution < -0.4 is 15.4 Å². The molecule has 2 aromatic carbocycles. The van der Waals surface area contributed by atoms with Crippen molar-refractivity contribution in [3.05, 3.63) is 59.7 Å². The molecule has 0 spiro atoms. The van der Waals surface area contributed by atoms with Crippen LogP contribution in [-0.2, 0) is 11.6 Å². The summed E-state index contributed by atoms with van der Waals surface area (Å²) >= 11 is 0. The van der Waals surface area contributed by atoms with Gasteiger partial charge in [0.2, 0.25) is 0 Å². The lowest BCUT2D eigenvalue weighted by Crippen LogP contribution is -2.32. The highest BCUT2D eigenvalue weighted by molar-refractivity contribution is 5.89. The fraction of sp³-hybridized carbons (Fsp3) is 0.350. The second-order valence-electron chi connectivity index (χ2n) is 7.09. The summed E-state index contributed by atoms with van der Waals surface area (Å²) in [6.07, 6.45) is -4.45. The highest BCUT2D eigenvalue weighted by Crippen LogP contribution is 2.30. The van der Waals surface area contributed by atoms with Gasteiger partial charge in [-0.3, -0.25) is 0 Å². The lowest BCUT2D eigenvalue weighted by molar-refractivity contribution is -0.137. The molecule has 0 unspecified atom stereocenters. The zero-order chi connectivity index (χ0) is 20.1. The first-order valence-corrected chi connectivity index (χ1v) is 8.51. The van der Waals surface area contributed by atoms with Gasteiger partial charge in [0, 0.05) is 5.69 Å². The number of rotatable bonds is 5. The van der Waals surface area contributed by atoms with Crippen molar-refractivity contribution >= 4 is 11.7 Å². The first-order valence-electron chi connectivity index (χ1n) is 8.51. The standard InChI is InChI=1S/C20H23F3N2O2/c1-19(2,3)14-6-5-9-17(13-14)27-11-10-24-18(26)25-16-8-4-7-15(12-16)20(21,22)23/h4-9,12-13H,10-11H2,1-3H3,(H2,24,25,26). The summed E-state index contributed by atoms with van der Waals surface area (Å²) in [6.45, 7) is 6.76. The number of benzene rings is 2. The zero-order valence-electron chi connectivity index (χ0n) is 15.5. The molecular weight excluding hydrogens is 357 g/mol. The lowest BCUT2D eigenvalue weighted by Gasteiger charge is -2.19. The molecule has 0 aliphatic carbocycles. The van der Waals surface area contributed by atoms with Crippen LogP contribution >= 0.6 is 0 Å². The molecule has 0 saturated heterocycles. The summed E-state index contributed by atoms with van der Waals surface area (Å²) in [6, 6.07) is 11.6. The van der Waals surface area contributed by atoms with Crippen LogP contribution in [0.1, 0.15) is 31.9 Å². The van der Waals surface area contributed by atoms with Crippen molar-refractivity contribution in [2.45, 2.75) is 32.4 Å². The lowest BCUT2D eigenvalue weighted by atomic mass is 9.87. The predicted molar refractivity (Wildman–Crippen MR) is 99.1 cm³/mol. The minimum absolute atomic E-state index is 0.00244. The average Bonchev–Trinajstić information content (AvgIpc) is 2.58. The number of urea groups is 1. The van der Waals surface area contributed by atoms with Gasteiger partial charge in [0.25, 0.3) is 0 Å². The topological polar surface area (TPSA) is 50.4 Å². The van der Waals surface area contributed by atoms with Crippen molar-refractivity contribution in [3.63, 3.8) is 0 Å². The summed E-state index contributed by atoms with van der Waals surface area (Å²) in [7, 11) is 0. The van der Waals surface area contributed by atoms with Crippen LogP contribution in [0.5, 0.6) is 5.75 Å². The average molecular weight is 380 g/mol. The van der Waals surface area contributed by atoms with E-state index >= 15 is 0 Å². The molecule has 0 atom stereocenters. The smallest absolute Gasteiger partial charge is 0.416 e. The fourth-order valence-electron chi connectivity index (χ4n) is 2.33. The molecule has 2 rings (SSSR count). The van der Waals surface area contributed by atoms with Crippen molar-refractivity contribution in [3.8, 4) is 5.75 Å². The van der Waals surface area contributed by atoms with E-state index in [4.69, 9.17) is 4.74 Å². The Morgan fingerprint density at radius 3 is 2.33 bits per heavy atom. The Hall–Kier alpha value is -2.70. The van der Waals surface area contributed by atoms with E-state index in [1.165, 1.54) is 12.1 Å². The SMILES string of the molecule is CC(C)(C)c1cccc(OCCNC(=O)Nc2cccc(C(F)(F)F)c2)c1. The van der Waals surface area contributed by atoms with Crippen molar-refractivity contribution in [2.24, 2.45) is 0 Å². The molecule has 4 nitrogen and oxygen atoms in total. The first kappa shape index (κ1) is 20.6. The van der Waals surface area contributed by atoms with E-state index in [9.17, 15) is 18.0 Å². The predicted octanol–water partition coefficient (Wildman–Crippen LogP) is 5.20. The molecule has 0 saturated carbocycles. The van der Waals surface area contributed by atoms with E-state index in [0.717, 1.165) is 17.7 Å². The van der Waals surface area contributed by atoms with Crippen LogP contribution in [0.25, 0.3) is 0 Å². The van der Waals surface area contributed by atoms with Gasteiger partial charge in [0.1, 0.15) is 12.4 Å². The Labute approximate surface area is 156 Å². The number of hydrogen-bond donors (Lipinski definition) is 2. The Morgan fingerprint density at radius 2 is 1.67 bits per heavy atom. The van der Waals surface area contributed by atoms with Gasteiger partial charge in [-0.1, -0.05) is 39.0 Å². The summed E-state index contributed by atoms with van der Waals surface area (Å²) in [5.74, 6) is 0.697. The van der Waals surface area contributed by atoms with Gasteiger partial charge in [-0.2, -0.15) is 13.2 Å². The maximum Gasteiger partial charge on any atom is 0.416 e. The second-order valence-corrected chi connectivity index (χ2v) is 7.09. The number of hydrogen-bond acceptors (Lipinski definition) is 2. The molecule has 0 bridgehead atoms. The molecule has 0 heterocycles. The summed E-state index contributed by atoms with van der Waals surface area (Å²) < 4.78 is 43.6. The van der Waals surface area contributed by atoms with Crippen LogP contribution in [0.15, 0.2) is 48.5 Å². The number of carbonyl (C=O) groups is 1. The maximum absolute atomic E-state index is 12.7. The third kappa shape index (κ3) is 6.51. The molecule has 0 aliphatic heterocycles. The van der Waals surface area contributed by atoms with Crippen LogP contribution in [0.4, 0.5) is 23.7 Å². The van der Waals surface area contributed by atoms with Gasteiger partial charge in [0.15, 0.2) is 0 Å². The van der Waals surface area contributed by atoms with Gasteiger partial charge in [0.05, 0.1) is 12.1 Å². The van der Waals surface area contributed by atoms with Crippen molar-refractivity contribution in [1.29, 1.82) is 0 Å². The van der Waals surface area contributed by atoms with E-state index in [1.807, 2.05) is 24.3 Å². The third-order valence-corrected chi connectivity index (χ3v) is 3.80. The van der Waals surface area contributed by atoms with E-state index in [-0.39, 0.29) is 24.3 Å². The quantitative estimate of drug-likeness (QED) is 0.700. The van der Waals surface area contributed by atoms with Crippen molar-refractivity contribution < 1.29 is 22.7 Å². The summed E-state index contributed by atoms with van der Waals surface area (Å²) in [5, 5.41) is 4.92. The number of amides is 2. The molecular formula is C20H23F3N2O2. The molecule has 0 radical (unpaired) electrons. The number of nitrogens with one attached hydrogen (secondary N) is 2. The molecule has 0 aliphatic rings. The number of carbonyl (C=O) groups excluding carboxylic acids is 1. The van der Waals surface area contributed by atoms with E-state index in [2.05, 4.69) is 31.4 Å². The van der Waals surface area contributed by atoms with Crippen molar-refractivity contribution in [2.75, 3.05) is 18.5 Å². The Balaban J connectivity index is 1.80. The molecule has 146 valence electrons. The number of anilines is 1. The monoisotopic (exact) mass is 380 g/mol. The molecule has 27 heavy (non-hydrogen) atoms. The highest BCUT2D eigenvalue weighted by atomic mass is 19.4. The number of alkyl halides is 3. The Kier molecular flexibility index (Phi) is 6.36. The second kappa shape index (κ2) is 8.33. The molecule has 7 heteroatoms. The molecule has 2 amide bonds. The highest BCUT2D eigenvalue weighted by Gasteiger charge is 2.30. The number of ether oxygens (including phenoxy) is 1. The third-order valence-electron chi connectivity index (χ3n) is 3.80. The van der Waals surface area contributed by atoms with Crippen LogP contribution in [0.3, 0.4) is 0 Å². The van der Waals surface area contributed by atoms with Gasteiger partial charge in [-0.25, -0.2) is 4.79 Å². The zero-order valence-corrected chi connectivity index (χ0v) is 15.5. The Bertz CT molecular complexity index is 783. The minimum Gasteiger partial charge on any atom is -0.492 e. The van der Waals surface area contributed by atoms with Gasteiger partial charge in [-0.05, 0) is 41.3 Å². The van der Waals surface area contributed by atoms with Crippen LogP contribution in [0, 0.1) is 0 Å². The summed E-state index contributed by atoms with van der Waals surface area (Å²) in [5.41, 5.74) is 0.390. The molecule has 0 fully saturated rings. The van der Waals surface area contributed by atoms with Crippen LogP contribution in [0.2, 0.25) is 0 Å². The normalized spacial score (nSPS) is 11.8. The minimum atomic E-state index is -4.45. The number of halogens is 3. The first-order chi connectivity index (χ1) is 12.6. The fourth-order valence-corrected chi connectivity index (χ4v) is 2.33. The van der Waals surface area contributed by atoms with E-state index in [1.54, 1.807) is 0 Å². The van der Waals surface area contributed by atoms with Crippen molar-refractivity contribution in [1.82, 2.24) is 5.32 Å². The molecule has 2 N–H and O–H groups in total. The Morgan fingerprint density at radius 1 is 1.00 bits per heavy atom. The maximum atomic E-state index is 12.7. The molecule has 2 aromatic rings. The summed E-state index contributed by atoms with van der Waals surface area (Å²) in [4.78, 5) is 11.8. The largest absolute Gasteiger partial charge is 0.492 e. The van der Waals surface area contributed by atoms with E-state index in [0.29, 0.717) is 5.75 Å². The van der Waals surface area contributed by atoms with Gasteiger partial charge in [-0.15, -0.1) is 0 Å². The van der Waals surface area contributed by atoms with Gasteiger partial charge < -0.3 is 15.4 Å².